The SMILES string of the molecule is CC1(C)C(N)=N[C@](C)(c2nc(NC(=O)c3ncc(OC(F)F)cc3Cl)ccc2F)[C@H]2CC3(CC3)CN=[S@@]21=O. The van der Waals surface area contributed by atoms with E-state index in [2.05, 4.69) is 29.4 Å². The molecule has 2 aliphatic heterocycles. The molecular formula is C24H26ClF3N6O3S. The van der Waals surface area contributed by atoms with Crippen LogP contribution in [0.25, 0.3) is 0 Å². The summed E-state index contributed by atoms with van der Waals surface area (Å²) in [6.45, 7) is 2.51. The summed E-state index contributed by atoms with van der Waals surface area (Å²) in [5, 5.41) is 1.60. The Balaban J connectivity index is 1.52. The van der Waals surface area contributed by atoms with Gasteiger partial charge >= 0.3 is 6.61 Å². The molecule has 0 bridgehead atoms. The number of rotatable bonds is 5. The van der Waals surface area contributed by atoms with Crippen LogP contribution in [0.5, 0.6) is 5.75 Å². The number of amidine groups is 1. The summed E-state index contributed by atoms with van der Waals surface area (Å²) in [6, 6.07) is 3.39. The Morgan fingerprint density at radius 3 is 2.63 bits per heavy atom. The average molecular weight is 571 g/mol. The lowest BCUT2D eigenvalue weighted by molar-refractivity contribution is -0.0500. The van der Waals surface area contributed by atoms with E-state index in [-0.39, 0.29) is 39.2 Å². The smallest absolute Gasteiger partial charge is 0.387 e. The van der Waals surface area contributed by atoms with E-state index in [9.17, 15) is 17.8 Å². The van der Waals surface area contributed by atoms with Crippen LogP contribution in [0.15, 0.2) is 33.8 Å². The zero-order chi connectivity index (χ0) is 27.7. The molecule has 1 spiro atoms. The number of anilines is 1. The lowest BCUT2D eigenvalue weighted by atomic mass is 9.85. The number of aliphatic imine (C=N–C) groups is 1. The van der Waals surface area contributed by atoms with Crippen LogP contribution in [0, 0.1) is 11.2 Å². The molecule has 5 rings (SSSR count). The van der Waals surface area contributed by atoms with Gasteiger partial charge in [-0.1, -0.05) is 11.6 Å². The van der Waals surface area contributed by atoms with Crippen LogP contribution in [0.2, 0.25) is 5.02 Å². The van der Waals surface area contributed by atoms with Crippen molar-refractivity contribution in [2.24, 2.45) is 20.5 Å². The number of pyridine rings is 2. The van der Waals surface area contributed by atoms with E-state index in [1.165, 1.54) is 6.07 Å². The van der Waals surface area contributed by atoms with Gasteiger partial charge in [-0.3, -0.25) is 9.79 Å². The Morgan fingerprint density at radius 1 is 1.29 bits per heavy atom. The largest absolute Gasteiger partial charge is 0.433 e. The molecule has 3 aliphatic rings. The number of alkyl halides is 2. The number of ether oxygens (including phenoxy) is 1. The number of nitrogens with one attached hydrogen (secondary N) is 1. The molecule has 14 heteroatoms. The molecule has 1 amide bonds. The second-order valence-electron chi connectivity index (χ2n) is 10.6. The summed E-state index contributed by atoms with van der Waals surface area (Å²) < 4.78 is 62.5. The van der Waals surface area contributed by atoms with Gasteiger partial charge in [0.15, 0.2) is 0 Å². The number of nitrogens with zero attached hydrogens (tertiary/aromatic N) is 4. The molecule has 2 aromatic heterocycles. The minimum Gasteiger partial charge on any atom is -0.433 e. The van der Waals surface area contributed by atoms with Gasteiger partial charge in [-0.15, -0.1) is 0 Å². The lowest BCUT2D eigenvalue weighted by Gasteiger charge is -2.49. The minimum absolute atomic E-state index is 0.0441. The van der Waals surface area contributed by atoms with Crippen molar-refractivity contribution in [1.82, 2.24) is 9.97 Å². The molecule has 204 valence electrons. The molecule has 0 radical (unpaired) electrons. The molecule has 1 aliphatic carbocycles. The number of amides is 1. The first kappa shape index (κ1) is 26.7. The number of carbonyl (C=O) groups excluding carboxylic acids is 1. The maximum atomic E-state index is 15.4. The van der Waals surface area contributed by atoms with Crippen LogP contribution in [-0.4, -0.2) is 49.1 Å². The van der Waals surface area contributed by atoms with Crippen LogP contribution < -0.4 is 15.8 Å². The first-order valence-corrected chi connectivity index (χ1v) is 13.8. The van der Waals surface area contributed by atoms with Gasteiger partial charge in [-0.05, 0) is 57.6 Å². The fraction of sp³-hybridized carbons (Fsp3) is 0.500. The van der Waals surface area contributed by atoms with Crippen molar-refractivity contribution < 1.29 is 26.9 Å². The van der Waals surface area contributed by atoms with Crippen molar-refractivity contribution >= 4 is 38.9 Å². The molecule has 0 saturated heterocycles. The van der Waals surface area contributed by atoms with Gasteiger partial charge in [-0.2, -0.15) is 8.78 Å². The quantitative estimate of drug-likeness (QED) is 0.544. The molecule has 4 heterocycles. The third-order valence-electron chi connectivity index (χ3n) is 7.70. The van der Waals surface area contributed by atoms with Crippen LogP contribution >= 0.6 is 11.6 Å². The van der Waals surface area contributed by atoms with E-state index in [0.29, 0.717) is 13.0 Å². The summed E-state index contributed by atoms with van der Waals surface area (Å²) in [7, 11) is -2.98. The molecule has 3 N–H and O–H groups in total. The Kier molecular flexibility index (Phi) is 6.18. The first-order chi connectivity index (χ1) is 17.7. The minimum atomic E-state index is -3.08. The van der Waals surface area contributed by atoms with Gasteiger partial charge in [0, 0.05) is 6.07 Å². The summed E-state index contributed by atoms with van der Waals surface area (Å²) >= 11 is 6.04. The van der Waals surface area contributed by atoms with Gasteiger partial charge in [0.05, 0.1) is 32.7 Å². The van der Waals surface area contributed by atoms with Crippen molar-refractivity contribution in [3.63, 3.8) is 0 Å². The zero-order valence-corrected chi connectivity index (χ0v) is 22.4. The summed E-state index contributed by atoms with van der Waals surface area (Å²) in [5.74, 6) is -1.78. The van der Waals surface area contributed by atoms with Gasteiger partial charge in [-0.25, -0.2) is 22.9 Å². The van der Waals surface area contributed by atoms with Crippen LogP contribution in [0.1, 0.15) is 56.2 Å². The highest BCUT2D eigenvalue weighted by Crippen LogP contribution is 2.58. The standard InChI is InChI=1S/C24H26ClF3N6O3S/c1-22(2)20(29)34-23(3,15-9-24(6-7-24)11-31-38(15,22)36)18-14(26)4-5-16(32-18)33-19(35)17-13(25)8-12(10-30-17)37-21(27)28/h4-5,8,10,15,21H,6-7,9,11H2,1-3H3,(H2,29,34)(H,32,33,35)/t15-,23+,38-/m1/s1. The van der Waals surface area contributed by atoms with Crippen molar-refractivity contribution in [1.29, 1.82) is 0 Å². The molecule has 0 aromatic carbocycles. The number of hydrogen-bond acceptors (Lipinski definition) is 8. The highest BCUT2D eigenvalue weighted by Gasteiger charge is 2.62. The lowest BCUT2D eigenvalue weighted by Crippen LogP contribution is -2.61. The van der Waals surface area contributed by atoms with Crippen LogP contribution in [0.4, 0.5) is 19.0 Å². The zero-order valence-electron chi connectivity index (χ0n) is 20.8. The van der Waals surface area contributed by atoms with E-state index in [0.717, 1.165) is 31.2 Å². The summed E-state index contributed by atoms with van der Waals surface area (Å²) in [4.78, 5) is 25.7. The Labute approximate surface area is 222 Å². The number of nitrogens with two attached hydrogens (primary N) is 1. The second kappa shape index (κ2) is 8.80. The van der Waals surface area contributed by atoms with Gasteiger partial charge < -0.3 is 15.8 Å². The van der Waals surface area contributed by atoms with Gasteiger partial charge in [0.25, 0.3) is 5.91 Å². The monoisotopic (exact) mass is 570 g/mol. The van der Waals surface area contributed by atoms with Crippen molar-refractivity contribution in [2.45, 2.75) is 62.2 Å². The summed E-state index contributed by atoms with van der Waals surface area (Å²) in [6.07, 6.45) is 3.35. The molecular weight excluding hydrogens is 545 g/mol. The third kappa shape index (κ3) is 4.19. The molecule has 0 unspecified atom stereocenters. The molecule has 3 atom stereocenters. The van der Waals surface area contributed by atoms with Crippen LogP contribution in [0.3, 0.4) is 0 Å². The number of halogens is 4. The van der Waals surface area contributed by atoms with Crippen molar-refractivity contribution in [3.05, 3.63) is 46.6 Å². The molecule has 1 saturated carbocycles. The first-order valence-electron chi connectivity index (χ1n) is 11.9. The average Bonchev–Trinajstić information content (AvgIpc) is 3.59. The van der Waals surface area contributed by atoms with E-state index in [1.807, 2.05) is 0 Å². The molecule has 2 aromatic rings. The summed E-state index contributed by atoms with van der Waals surface area (Å²) in [5.41, 5.74) is 4.43. The van der Waals surface area contributed by atoms with E-state index >= 15 is 4.39 Å². The highest BCUT2D eigenvalue weighted by atomic mass is 35.5. The van der Waals surface area contributed by atoms with E-state index in [4.69, 9.17) is 17.3 Å². The Bertz CT molecular complexity index is 1490. The fourth-order valence-electron chi connectivity index (χ4n) is 5.07. The topological polar surface area (TPSA) is 132 Å². The predicted molar refractivity (Wildman–Crippen MR) is 137 cm³/mol. The normalized spacial score (nSPS) is 28.7. The van der Waals surface area contributed by atoms with Crippen molar-refractivity contribution in [3.8, 4) is 5.75 Å². The molecule has 38 heavy (non-hydrogen) atoms. The molecule has 1 fully saturated rings. The van der Waals surface area contributed by atoms with Gasteiger partial charge in [0.2, 0.25) is 0 Å². The highest BCUT2D eigenvalue weighted by molar-refractivity contribution is 7.96. The second-order valence-corrected chi connectivity index (χ2v) is 14.0. The number of fused-ring (bicyclic) bond motifs is 1. The number of aromatic nitrogens is 2. The van der Waals surface area contributed by atoms with Gasteiger partial charge in [0.1, 0.15) is 44.9 Å². The molecule has 9 nitrogen and oxygen atoms in total. The van der Waals surface area contributed by atoms with Crippen LogP contribution in [-0.2, 0) is 15.3 Å². The van der Waals surface area contributed by atoms with E-state index < -0.39 is 43.6 Å². The number of carbonyl (C=O) groups is 1. The maximum Gasteiger partial charge on any atom is 0.387 e. The third-order valence-corrected chi connectivity index (χ3v) is 11.6. The van der Waals surface area contributed by atoms with E-state index in [1.54, 1.807) is 20.8 Å². The fourth-order valence-corrected chi connectivity index (χ4v) is 8.70. The number of hydrogen-bond donors (Lipinski definition) is 2. The van der Waals surface area contributed by atoms with Crippen molar-refractivity contribution in [2.75, 3.05) is 11.9 Å². The predicted octanol–water partition coefficient (Wildman–Crippen LogP) is 4.51. The maximum absolute atomic E-state index is 15.4. The Hall–Kier alpha value is -2.93. The Morgan fingerprint density at radius 2 is 2.00 bits per heavy atom.